The van der Waals surface area contributed by atoms with Gasteiger partial charge in [-0.1, -0.05) is 146 Å². The van der Waals surface area contributed by atoms with Gasteiger partial charge >= 0.3 is 0 Å². The maximum atomic E-state index is 3.89. The normalized spacial score (nSPS) is 12.0. The summed E-state index contributed by atoms with van der Waals surface area (Å²) in [5.41, 5.74) is 15.4. The topological polar surface area (TPSA) is 8.17 Å². The number of nitrogens with zero attached hydrogens (tertiary/aromatic N) is 2. The molecule has 0 aliphatic rings. The Balaban J connectivity index is 1.05. The van der Waals surface area contributed by atoms with Gasteiger partial charge in [-0.05, 0) is 106 Å². The summed E-state index contributed by atoms with van der Waals surface area (Å²) in [6, 6.07) is 63.3. The molecule has 0 radical (unpaired) electrons. The van der Waals surface area contributed by atoms with Crippen molar-refractivity contribution >= 4 is 33.1 Å². The van der Waals surface area contributed by atoms with E-state index in [1.54, 1.807) is 0 Å². The summed E-state index contributed by atoms with van der Waals surface area (Å²) < 4.78 is 2.36. The first-order valence-corrected chi connectivity index (χ1v) is 17.8. The molecule has 0 saturated carbocycles. The maximum Gasteiger partial charge on any atom is 0.0541 e. The lowest BCUT2D eigenvalue weighted by atomic mass is 9.96. The fraction of sp³-hybridized carbons (Fsp3) is 0.0400. The van der Waals surface area contributed by atoms with Gasteiger partial charge in [-0.3, -0.25) is 0 Å². The fourth-order valence-electron chi connectivity index (χ4n) is 7.26. The van der Waals surface area contributed by atoms with Gasteiger partial charge in [-0.2, -0.15) is 0 Å². The summed E-state index contributed by atoms with van der Waals surface area (Å²) in [7, 11) is 2.12. The first-order chi connectivity index (χ1) is 25.6. The van der Waals surface area contributed by atoms with Crippen LogP contribution in [-0.4, -0.2) is 11.6 Å². The summed E-state index contributed by atoms with van der Waals surface area (Å²) in [6.07, 6.45) is 5.94. The van der Waals surface area contributed by atoms with Crippen molar-refractivity contribution in [3.63, 3.8) is 0 Å². The van der Waals surface area contributed by atoms with Crippen LogP contribution in [0, 0.1) is 0 Å². The Bertz CT molecular complexity index is 2530. The smallest absolute Gasteiger partial charge is 0.0541 e. The molecule has 0 spiro atoms. The zero-order valence-electron chi connectivity index (χ0n) is 29.6. The zero-order valence-corrected chi connectivity index (χ0v) is 29.6. The van der Waals surface area contributed by atoms with Crippen LogP contribution in [0.3, 0.4) is 0 Å². The van der Waals surface area contributed by atoms with Crippen LogP contribution in [0.5, 0.6) is 0 Å². The Kier molecular flexibility index (Phi) is 8.96. The Labute approximate surface area is 306 Å². The summed E-state index contributed by atoms with van der Waals surface area (Å²) in [4.78, 5) is 2.24. The first-order valence-electron chi connectivity index (χ1n) is 17.8. The molecular weight excluding hydrogens is 629 g/mol. The molecule has 0 saturated heterocycles. The standard InChI is InChI=1S/C50H40N2/c1-4-5-23-48(36(2)37-15-7-6-8-16-37)51(3)44-30-26-38(27-31-44)40-17-13-19-42(34-40)43-20-14-18-41(35-43)39-28-32-45(33-29-39)52-49-24-11-9-21-46(49)47-22-10-12-25-50(47)52/h4-35H,1H2,2-3H3/b23-5-,48-36-. The van der Waals surface area contributed by atoms with Crippen molar-refractivity contribution in [2.75, 3.05) is 11.9 Å². The van der Waals surface area contributed by atoms with Crippen molar-refractivity contribution in [2.45, 2.75) is 6.92 Å². The number of allylic oxidation sites excluding steroid dienone is 4. The van der Waals surface area contributed by atoms with E-state index in [-0.39, 0.29) is 0 Å². The van der Waals surface area contributed by atoms with Gasteiger partial charge in [-0.15, -0.1) is 0 Å². The molecule has 2 nitrogen and oxygen atoms in total. The molecule has 1 aromatic heterocycles. The van der Waals surface area contributed by atoms with Crippen LogP contribution in [-0.2, 0) is 0 Å². The van der Waals surface area contributed by atoms with E-state index in [2.05, 4.69) is 212 Å². The van der Waals surface area contributed by atoms with E-state index >= 15 is 0 Å². The van der Waals surface area contributed by atoms with Gasteiger partial charge in [0.05, 0.1) is 11.0 Å². The molecule has 0 atom stereocenters. The van der Waals surface area contributed by atoms with Crippen molar-refractivity contribution in [1.29, 1.82) is 0 Å². The van der Waals surface area contributed by atoms with Crippen LogP contribution < -0.4 is 4.90 Å². The zero-order chi connectivity index (χ0) is 35.4. The SMILES string of the molecule is C=C/C=C\C(=C(/C)c1ccccc1)N(C)c1ccc(-c2cccc(-c3cccc(-c4ccc(-n5c6ccccc6c6ccccc65)cc4)c3)c2)cc1. The monoisotopic (exact) mass is 668 g/mol. The Morgan fingerprint density at radius 1 is 0.519 bits per heavy atom. The molecule has 0 bridgehead atoms. The van der Waals surface area contributed by atoms with E-state index in [0.29, 0.717) is 0 Å². The second kappa shape index (κ2) is 14.3. The molecule has 0 unspecified atom stereocenters. The highest BCUT2D eigenvalue weighted by atomic mass is 15.1. The van der Waals surface area contributed by atoms with E-state index in [1.807, 2.05) is 12.2 Å². The molecule has 52 heavy (non-hydrogen) atoms. The number of anilines is 1. The van der Waals surface area contributed by atoms with Crippen LogP contribution in [0.25, 0.3) is 66.4 Å². The van der Waals surface area contributed by atoms with E-state index in [1.165, 1.54) is 66.3 Å². The van der Waals surface area contributed by atoms with Crippen LogP contribution in [0.1, 0.15) is 12.5 Å². The van der Waals surface area contributed by atoms with Crippen molar-refractivity contribution in [3.8, 4) is 39.1 Å². The van der Waals surface area contributed by atoms with Crippen molar-refractivity contribution < 1.29 is 0 Å². The minimum Gasteiger partial charge on any atom is -0.344 e. The molecule has 250 valence electrons. The maximum absolute atomic E-state index is 3.89. The van der Waals surface area contributed by atoms with Gasteiger partial charge < -0.3 is 9.47 Å². The molecule has 0 aliphatic heterocycles. The summed E-state index contributed by atoms with van der Waals surface area (Å²) in [6.45, 7) is 6.06. The number of fused-ring (bicyclic) bond motifs is 3. The Morgan fingerprint density at radius 2 is 1.00 bits per heavy atom. The van der Waals surface area contributed by atoms with Gasteiger partial charge in [0.1, 0.15) is 0 Å². The number of para-hydroxylation sites is 2. The van der Waals surface area contributed by atoms with Gasteiger partial charge in [0, 0.05) is 34.9 Å². The number of hydrogen-bond acceptors (Lipinski definition) is 1. The molecule has 7 aromatic carbocycles. The third-order valence-electron chi connectivity index (χ3n) is 10.0. The largest absolute Gasteiger partial charge is 0.344 e. The predicted octanol–water partition coefficient (Wildman–Crippen LogP) is 13.4. The number of hydrogen-bond donors (Lipinski definition) is 0. The molecule has 0 aliphatic carbocycles. The van der Waals surface area contributed by atoms with Gasteiger partial charge in [0.15, 0.2) is 0 Å². The van der Waals surface area contributed by atoms with Gasteiger partial charge in [0.25, 0.3) is 0 Å². The van der Waals surface area contributed by atoms with Gasteiger partial charge in [0.2, 0.25) is 0 Å². The third-order valence-corrected chi connectivity index (χ3v) is 10.0. The molecule has 2 heteroatoms. The number of aromatic nitrogens is 1. The molecule has 8 rings (SSSR count). The highest BCUT2D eigenvalue weighted by Gasteiger charge is 2.13. The molecule has 0 N–H and O–H groups in total. The quantitative estimate of drug-likeness (QED) is 0.139. The predicted molar refractivity (Wildman–Crippen MR) is 224 cm³/mol. The highest BCUT2D eigenvalue weighted by molar-refractivity contribution is 6.09. The van der Waals surface area contributed by atoms with E-state index in [9.17, 15) is 0 Å². The lowest BCUT2D eigenvalue weighted by molar-refractivity contribution is 1.13. The third kappa shape index (κ3) is 6.27. The van der Waals surface area contributed by atoms with Crippen molar-refractivity contribution in [3.05, 3.63) is 212 Å². The van der Waals surface area contributed by atoms with E-state index < -0.39 is 0 Å². The van der Waals surface area contributed by atoms with Crippen LogP contribution in [0.2, 0.25) is 0 Å². The molecule has 0 amide bonds. The first kappa shape index (κ1) is 32.6. The van der Waals surface area contributed by atoms with Gasteiger partial charge in [-0.25, -0.2) is 0 Å². The van der Waals surface area contributed by atoms with Crippen LogP contribution in [0.4, 0.5) is 5.69 Å². The Hall–Kier alpha value is -6.64. The number of benzene rings is 7. The average Bonchev–Trinajstić information content (AvgIpc) is 3.56. The summed E-state index contributed by atoms with van der Waals surface area (Å²) in [5, 5.41) is 2.55. The fourth-order valence-corrected chi connectivity index (χ4v) is 7.26. The number of rotatable bonds is 9. The minimum absolute atomic E-state index is 1.12. The summed E-state index contributed by atoms with van der Waals surface area (Å²) in [5.74, 6) is 0. The second-order valence-corrected chi connectivity index (χ2v) is 13.2. The van der Waals surface area contributed by atoms with E-state index in [0.717, 1.165) is 17.1 Å². The number of likely N-dealkylation sites (N-methyl/N-ethyl adjacent to an activating group) is 1. The van der Waals surface area contributed by atoms with Crippen molar-refractivity contribution in [2.24, 2.45) is 0 Å². The lowest BCUT2D eigenvalue weighted by Crippen LogP contribution is -2.16. The molecule has 1 heterocycles. The second-order valence-electron chi connectivity index (χ2n) is 13.2. The lowest BCUT2D eigenvalue weighted by Gasteiger charge is -2.24. The van der Waals surface area contributed by atoms with Crippen LogP contribution in [0.15, 0.2) is 206 Å². The molecule has 8 aromatic rings. The van der Waals surface area contributed by atoms with Crippen LogP contribution >= 0.6 is 0 Å². The average molecular weight is 669 g/mol. The Morgan fingerprint density at radius 3 is 1.54 bits per heavy atom. The van der Waals surface area contributed by atoms with Crippen molar-refractivity contribution in [1.82, 2.24) is 4.57 Å². The highest BCUT2D eigenvalue weighted by Crippen LogP contribution is 2.35. The summed E-state index contributed by atoms with van der Waals surface area (Å²) >= 11 is 0. The minimum atomic E-state index is 1.12. The molecule has 0 fully saturated rings. The van der Waals surface area contributed by atoms with E-state index in [4.69, 9.17) is 0 Å². The molecular formula is C50H40N2.